The fourth-order valence-corrected chi connectivity index (χ4v) is 5.77. The largest absolute Gasteiger partial charge is 0.326 e. The van der Waals surface area contributed by atoms with Crippen molar-refractivity contribution in [2.45, 2.75) is 76.5 Å². The summed E-state index contributed by atoms with van der Waals surface area (Å²) in [6, 6.07) is 7.53. The molecule has 1 N–H and O–H groups in total. The quantitative estimate of drug-likeness (QED) is 0.344. The summed E-state index contributed by atoms with van der Waals surface area (Å²) >= 11 is 1.26. The molecule has 4 amide bonds. The molecule has 9 nitrogen and oxygen atoms in total. The van der Waals surface area contributed by atoms with E-state index in [0.717, 1.165) is 48.4 Å². The standard InChI is InChI=1S/C26H31N5O4S/c1-16-13-17(2)28-26(27-16)36-15-24(34)30(20-7-5-4-6-8-20)22-14-23(33)31(25(22)35)21-11-9-19(10-12-21)29-18(3)32/h9-13,20,22H,4-8,14-15H2,1-3H3,(H,29,32). The van der Waals surface area contributed by atoms with E-state index in [9.17, 15) is 19.2 Å². The van der Waals surface area contributed by atoms with Gasteiger partial charge in [0, 0.05) is 30.0 Å². The van der Waals surface area contributed by atoms with Crippen molar-refractivity contribution in [2.75, 3.05) is 16.0 Å². The van der Waals surface area contributed by atoms with Gasteiger partial charge in [-0.25, -0.2) is 14.9 Å². The number of carbonyl (C=O) groups excluding carboxylic acids is 4. The second kappa shape index (κ2) is 11.2. The average molecular weight is 510 g/mol. The maximum absolute atomic E-state index is 13.5. The Morgan fingerprint density at radius 1 is 1.06 bits per heavy atom. The SMILES string of the molecule is CC(=O)Nc1ccc(N2C(=O)CC(N(C(=O)CSc3nc(C)cc(C)n3)C3CCCCC3)C2=O)cc1. The molecule has 36 heavy (non-hydrogen) atoms. The fourth-order valence-electron chi connectivity index (χ4n) is 4.95. The lowest BCUT2D eigenvalue weighted by Crippen LogP contribution is -2.52. The monoisotopic (exact) mass is 509 g/mol. The highest BCUT2D eigenvalue weighted by atomic mass is 32.2. The van der Waals surface area contributed by atoms with Crippen molar-refractivity contribution in [3.05, 3.63) is 41.7 Å². The summed E-state index contributed by atoms with van der Waals surface area (Å²) in [5, 5.41) is 3.20. The molecule has 4 rings (SSSR count). The van der Waals surface area contributed by atoms with E-state index >= 15 is 0 Å². The number of anilines is 2. The number of nitrogens with zero attached hydrogens (tertiary/aromatic N) is 4. The zero-order valence-corrected chi connectivity index (χ0v) is 21.6. The van der Waals surface area contributed by atoms with E-state index in [-0.39, 0.29) is 41.8 Å². The molecule has 2 aliphatic rings. The predicted molar refractivity (Wildman–Crippen MR) is 138 cm³/mol. The second-order valence-electron chi connectivity index (χ2n) is 9.33. The van der Waals surface area contributed by atoms with Crippen LogP contribution in [-0.2, 0) is 19.2 Å². The highest BCUT2D eigenvalue weighted by molar-refractivity contribution is 7.99. The molecule has 1 aromatic carbocycles. The van der Waals surface area contributed by atoms with Crippen LogP contribution in [-0.4, -0.2) is 56.3 Å². The van der Waals surface area contributed by atoms with E-state index < -0.39 is 6.04 Å². The van der Waals surface area contributed by atoms with Crippen molar-refractivity contribution >= 4 is 46.8 Å². The number of nitrogens with one attached hydrogen (secondary N) is 1. The number of carbonyl (C=O) groups is 4. The van der Waals surface area contributed by atoms with Crippen LogP contribution in [0.2, 0.25) is 0 Å². The number of hydrogen-bond donors (Lipinski definition) is 1. The van der Waals surface area contributed by atoms with Gasteiger partial charge in [0.2, 0.25) is 17.7 Å². The molecule has 1 saturated carbocycles. The predicted octanol–water partition coefficient (Wildman–Crippen LogP) is 3.64. The van der Waals surface area contributed by atoms with Crippen molar-refractivity contribution in [1.82, 2.24) is 14.9 Å². The third kappa shape index (κ3) is 5.92. The van der Waals surface area contributed by atoms with Gasteiger partial charge < -0.3 is 10.2 Å². The van der Waals surface area contributed by atoms with Gasteiger partial charge in [-0.2, -0.15) is 0 Å². The maximum Gasteiger partial charge on any atom is 0.257 e. The van der Waals surface area contributed by atoms with Gasteiger partial charge in [-0.1, -0.05) is 31.0 Å². The van der Waals surface area contributed by atoms with Gasteiger partial charge in [0.1, 0.15) is 6.04 Å². The van der Waals surface area contributed by atoms with Crippen molar-refractivity contribution in [1.29, 1.82) is 0 Å². The Morgan fingerprint density at radius 2 is 1.69 bits per heavy atom. The summed E-state index contributed by atoms with van der Waals surface area (Å²) in [4.78, 5) is 63.0. The number of benzene rings is 1. The number of thioether (sulfide) groups is 1. The molecule has 2 aromatic rings. The van der Waals surface area contributed by atoms with E-state index in [1.54, 1.807) is 29.2 Å². The van der Waals surface area contributed by atoms with Crippen LogP contribution in [0.5, 0.6) is 0 Å². The maximum atomic E-state index is 13.5. The summed E-state index contributed by atoms with van der Waals surface area (Å²) < 4.78 is 0. The van der Waals surface area contributed by atoms with Crippen molar-refractivity contribution in [3.8, 4) is 0 Å². The number of aryl methyl sites for hydroxylation is 2. The van der Waals surface area contributed by atoms with Gasteiger partial charge in [0.15, 0.2) is 5.16 Å². The Kier molecular flexibility index (Phi) is 8.03. The Hall–Kier alpha value is -3.27. The molecular weight excluding hydrogens is 478 g/mol. The molecule has 1 unspecified atom stereocenters. The normalized spacial score (nSPS) is 18.4. The summed E-state index contributed by atoms with van der Waals surface area (Å²) in [5.41, 5.74) is 2.67. The molecule has 2 fully saturated rings. The molecular formula is C26H31N5O4S. The number of aromatic nitrogens is 2. The Balaban J connectivity index is 1.54. The lowest BCUT2D eigenvalue weighted by Gasteiger charge is -2.37. The zero-order valence-electron chi connectivity index (χ0n) is 20.8. The van der Waals surface area contributed by atoms with Crippen LogP contribution < -0.4 is 10.2 Å². The van der Waals surface area contributed by atoms with Crippen LogP contribution >= 0.6 is 11.8 Å². The van der Waals surface area contributed by atoms with Crippen molar-refractivity contribution in [2.24, 2.45) is 0 Å². The number of rotatable bonds is 7. The van der Waals surface area contributed by atoms with Crippen molar-refractivity contribution < 1.29 is 19.2 Å². The van der Waals surface area contributed by atoms with Gasteiger partial charge in [0.05, 0.1) is 17.9 Å². The van der Waals surface area contributed by atoms with E-state index in [0.29, 0.717) is 16.5 Å². The van der Waals surface area contributed by atoms with Gasteiger partial charge in [-0.05, 0) is 57.0 Å². The molecule has 0 radical (unpaired) electrons. The smallest absolute Gasteiger partial charge is 0.257 e. The molecule has 190 valence electrons. The molecule has 1 aliphatic carbocycles. The molecule has 1 saturated heterocycles. The highest BCUT2D eigenvalue weighted by Crippen LogP contribution is 2.32. The molecule has 10 heteroatoms. The Bertz CT molecular complexity index is 1140. The van der Waals surface area contributed by atoms with Gasteiger partial charge in [-0.3, -0.25) is 19.2 Å². The van der Waals surface area contributed by atoms with Gasteiger partial charge >= 0.3 is 0 Å². The summed E-state index contributed by atoms with van der Waals surface area (Å²) in [5.74, 6) is -1.01. The minimum absolute atomic E-state index is 0.0424. The van der Waals surface area contributed by atoms with Crippen LogP contribution in [0.1, 0.15) is 56.8 Å². The van der Waals surface area contributed by atoms with Crippen LogP contribution in [0.25, 0.3) is 0 Å². The molecule has 0 bridgehead atoms. The minimum Gasteiger partial charge on any atom is -0.326 e. The summed E-state index contributed by atoms with van der Waals surface area (Å²) in [6.45, 7) is 5.18. The first-order valence-corrected chi connectivity index (χ1v) is 13.2. The third-order valence-corrected chi connectivity index (χ3v) is 7.28. The Morgan fingerprint density at radius 3 is 2.31 bits per heavy atom. The van der Waals surface area contributed by atoms with Crippen LogP contribution in [0.4, 0.5) is 11.4 Å². The Labute approximate surface area is 215 Å². The lowest BCUT2D eigenvalue weighted by molar-refractivity contribution is -0.139. The third-order valence-electron chi connectivity index (χ3n) is 6.45. The summed E-state index contributed by atoms with van der Waals surface area (Å²) in [7, 11) is 0. The number of imide groups is 1. The summed E-state index contributed by atoms with van der Waals surface area (Å²) in [6.07, 6.45) is 4.68. The lowest BCUT2D eigenvalue weighted by atomic mass is 9.92. The first-order chi connectivity index (χ1) is 17.2. The van der Waals surface area contributed by atoms with E-state index in [4.69, 9.17) is 0 Å². The zero-order chi connectivity index (χ0) is 25.8. The number of amides is 4. The van der Waals surface area contributed by atoms with Gasteiger partial charge in [-0.15, -0.1) is 0 Å². The topological polar surface area (TPSA) is 113 Å². The molecule has 1 aliphatic heterocycles. The number of hydrogen-bond acceptors (Lipinski definition) is 7. The molecule has 1 aromatic heterocycles. The average Bonchev–Trinajstić information content (AvgIpc) is 3.11. The highest BCUT2D eigenvalue weighted by Gasteiger charge is 2.46. The van der Waals surface area contributed by atoms with Crippen LogP contribution in [0, 0.1) is 13.8 Å². The first-order valence-electron chi connectivity index (χ1n) is 12.2. The molecule has 0 spiro atoms. The first kappa shape index (κ1) is 25.8. The van der Waals surface area contributed by atoms with E-state index in [2.05, 4.69) is 15.3 Å². The minimum atomic E-state index is -0.830. The van der Waals surface area contributed by atoms with Crippen LogP contribution in [0.3, 0.4) is 0 Å². The molecule has 2 heterocycles. The van der Waals surface area contributed by atoms with E-state index in [1.165, 1.54) is 18.7 Å². The van der Waals surface area contributed by atoms with Crippen LogP contribution in [0.15, 0.2) is 35.5 Å². The van der Waals surface area contributed by atoms with Gasteiger partial charge in [0.25, 0.3) is 5.91 Å². The second-order valence-corrected chi connectivity index (χ2v) is 10.3. The fraction of sp³-hybridized carbons (Fsp3) is 0.462. The van der Waals surface area contributed by atoms with Crippen molar-refractivity contribution in [3.63, 3.8) is 0 Å². The molecule has 1 atom stereocenters. The van der Waals surface area contributed by atoms with E-state index in [1.807, 2.05) is 19.9 Å².